The zero-order valence-corrected chi connectivity index (χ0v) is 17.6. The summed E-state index contributed by atoms with van der Waals surface area (Å²) in [6.07, 6.45) is 2.07. The summed E-state index contributed by atoms with van der Waals surface area (Å²) in [7, 11) is 0. The van der Waals surface area contributed by atoms with Gasteiger partial charge in [-0.3, -0.25) is 14.2 Å². The fourth-order valence-electron chi connectivity index (χ4n) is 3.26. The first-order valence-electron chi connectivity index (χ1n) is 10.1. The van der Waals surface area contributed by atoms with Gasteiger partial charge in [0, 0.05) is 6.54 Å². The van der Waals surface area contributed by atoms with Gasteiger partial charge >= 0.3 is 0 Å². The van der Waals surface area contributed by atoms with E-state index in [-0.39, 0.29) is 18.0 Å². The summed E-state index contributed by atoms with van der Waals surface area (Å²) in [5, 5.41) is 3.38. The second-order valence-electron chi connectivity index (χ2n) is 6.90. The van der Waals surface area contributed by atoms with Crippen LogP contribution in [0.3, 0.4) is 0 Å². The molecule has 30 heavy (non-hydrogen) atoms. The van der Waals surface area contributed by atoms with Crippen LogP contribution in [-0.2, 0) is 17.8 Å². The first-order chi connectivity index (χ1) is 14.5. The van der Waals surface area contributed by atoms with Crippen LogP contribution in [0.2, 0.25) is 0 Å². The molecular weight excluding hydrogens is 382 g/mol. The molecule has 2 aromatic carbocycles. The highest BCUT2D eigenvalue weighted by Crippen LogP contribution is 2.28. The number of carbonyl (C=O) groups excluding carboxylic acids is 1. The SMILES string of the molecule is CCOc1ccc(CCNC(=O)Cn2cnc3c(C)cccc3c2=O)cc1OCC. The number of aromatic nitrogens is 2. The fraction of sp³-hybridized carbons (Fsp3) is 0.348. The van der Waals surface area contributed by atoms with Crippen molar-refractivity contribution in [1.82, 2.24) is 14.9 Å². The third-order valence-corrected chi connectivity index (χ3v) is 4.71. The van der Waals surface area contributed by atoms with Gasteiger partial charge in [0.2, 0.25) is 5.91 Å². The smallest absolute Gasteiger partial charge is 0.261 e. The van der Waals surface area contributed by atoms with E-state index < -0.39 is 0 Å². The van der Waals surface area contributed by atoms with E-state index in [4.69, 9.17) is 9.47 Å². The van der Waals surface area contributed by atoms with Crippen molar-refractivity contribution in [2.75, 3.05) is 19.8 Å². The molecule has 3 aromatic rings. The Hall–Kier alpha value is -3.35. The number of nitrogens with zero attached hydrogens (tertiary/aromatic N) is 2. The molecule has 0 unspecified atom stereocenters. The van der Waals surface area contributed by atoms with Crippen LogP contribution in [0.4, 0.5) is 0 Å². The molecule has 0 fully saturated rings. The van der Waals surface area contributed by atoms with Crippen molar-refractivity contribution in [3.05, 3.63) is 64.2 Å². The number of nitrogens with one attached hydrogen (secondary N) is 1. The minimum atomic E-state index is -0.234. The molecule has 0 saturated heterocycles. The minimum Gasteiger partial charge on any atom is -0.490 e. The van der Waals surface area contributed by atoms with Crippen molar-refractivity contribution in [3.8, 4) is 11.5 Å². The summed E-state index contributed by atoms with van der Waals surface area (Å²) in [5.74, 6) is 1.18. The quantitative estimate of drug-likeness (QED) is 0.588. The van der Waals surface area contributed by atoms with Crippen LogP contribution in [0.5, 0.6) is 11.5 Å². The number of ether oxygens (including phenoxy) is 2. The van der Waals surface area contributed by atoms with Gasteiger partial charge in [-0.1, -0.05) is 18.2 Å². The number of hydrogen-bond acceptors (Lipinski definition) is 5. The Morgan fingerprint density at radius 2 is 1.87 bits per heavy atom. The van der Waals surface area contributed by atoms with E-state index in [2.05, 4.69) is 10.3 Å². The zero-order valence-electron chi connectivity index (χ0n) is 17.6. The molecule has 7 nitrogen and oxygen atoms in total. The molecule has 0 spiro atoms. The van der Waals surface area contributed by atoms with Gasteiger partial charge in [-0.05, 0) is 56.5 Å². The van der Waals surface area contributed by atoms with Gasteiger partial charge in [0.25, 0.3) is 5.56 Å². The summed E-state index contributed by atoms with van der Waals surface area (Å²) >= 11 is 0. The van der Waals surface area contributed by atoms with E-state index in [0.29, 0.717) is 48.6 Å². The summed E-state index contributed by atoms with van der Waals surface area (Å²) in [6, 6.07) is 11.2. The summed E-state index contributed by atoms with van der Waals surface area (Å²) < 4.78 is 12.5. The molecule has 3 rings (SSSR count). The lowest BCUT2D eigenvalue weighted by atomic mass is 10.1. The zero-order chi connectivity index (χ0) is 21.5. The van der Waals surface area contributed by atoms with Gasteiger partial charge < -0.3 is 14.8 Å². The predicted molar refractivity (Wildman–Crippen MR) is 116 cm³/mol. The van der Waals surface area contributed by atoms with Gasteiger partial charge in [-0.2, -0.15) is 0 Å². The van der Waals surface area contributed by atoms with E-state index in [1.165, 1.54) is 10.9 Å². The normalized spacial score (nSPS) is 10.8. The first-order valence-corrected chi connectivity index (χ1v) is 10.1. The van der Waals surface area contributed by atoms with Crippen molar-refractivity contribution >= 4 is 16.8 Å². The highest BCUT2D eigenvalue weighted by Gasteiger charge is 2.10. The van der Waals surface area contributed by atoms with Crippen LogP contribution < -0.4 is 20.3 Å². The molecule has 1 heterocycles. The van der Waals surface area contributed by atoms with Crippen molar-refractivity contribution in [2.24, 2.45) is 0 Å². The fourth-order valence-corrected chi connectivity index (χ4v) is 3.26. The number of para-hydroxylation sites is 1. The van der Waals surface area contributed by atoms with Gasteiger partial charge in [-0.15, -0.1) is 0 Å². The molecule has 1 N–H and O–H groups in total. The van der Waals surface area contributed by atoms with E-state index in [9.17, 15) is 9.59 Å². The number of aryl methyl sites for hydroxylation is 1. The summed E-state index contributed by atoms with van der Waals surface area (Å²) in [4.78, 5) is 29.3. The topological polar surface area (TPSA) is 82.5 Å². The number of hydrogen-bond donors (Lipinski definition) is 1. The first kappa shape index (κ1) is 21.4. The van der Waals surface area contributed by atoms with Crippen molar-refractivity contribution in [1.29, 1.82) is 0 Å². The standard InChI is InChI=1S/C23H27N3O4/c1-4-29-19-10-9-17(13-20(19)30-5-2)11-12-24-21(27)14-26-15-25-22-16(3)7-6-8-18(22)23(26)28/h6-10,13,15H,4-5,11-12,14H2,1-3H3,(H,24,27). The average molecular weight is 409 g/mol. The minimum absolute atomic E-state index is 0.0663. The molecular formula is C23H27N3O4. The molecule has 158 valence electrons. The summed E-state index contributed by atoms with van der Waals surface area (Å²) in [6.45, 7) is 7.26. The molecule has 0 aliphatic carbocycles. The maximum Gasteiger partial charge on any atom is 0.261 e. The maximum absolute atomic E-state index is 12.6. The second kappa shape index (κ2) is 9.91. The lowest BCUT2D eigenvalue weighted by Crippen LogP contribution is -2.33. The third kappa shape index (κ3) is 4.97. The Morgan fingerprint density at radius 3 is 2.63 bits per heavy atom. The van der Waals surface area contributed by atoms with Crippen LogP contribution in [0.25, 0.3) is 10.9 Å². The predicted octanol–water partition coefficient (Wildman–Crippen LogP) is 2.86. The molecule has 7 heteroatoms. The van der Waals surface area contributed by atoms with Crippen LogP contribution >= 0.6 is 0 Å². The van der Waals surface area contributed by atoms with Crippen molar-refractivity contribution in [3.63, 3.8) is 0 Å². The molecule has 0 aliphatic rings. The number of benzene rings is 2. The van der Waals surface area contributed by atoms with Gasteiger partial charge in [0.1, 0.15) is 6.54 Å². The number of rotatable bonds is 9. The monoisotopic (exact) mass is 409 g/mol. The molecule has 0 saturated carbocycles. The maximum atomic E-state index is 12.6. The number of carbonyl (C=O) groups is 1. The Bertz CT molecular complexity index is 1090. The molecule has 1 amide bonds. The lowest BCUT2D eigenvalue weighted by Gasteiger charge is -2.13. The Balaban J connectivity index is 1.60. The number of fused-ring (bicyclic) bond motifs is 1. The van der Waals surface area contributed by atoms with Gasteiger partial charge in [0.15, 0.2) is 11.5 Å². The van der Waals surface area contributed by atoms with E-state index in [1.807, 2.05) is 51.1 Å². The molecule has 0 atom stereocenters. The summed E-state index contributed by atoms with van der Waals surface area (Å²) in [5.41, 5.74) is 2.41. The van der Waals surface area contributed by atoms with Gasteiger partial charge in [0.05, 0.1) is 30.4 Å². The Kier molecular flexibility index (Phi) is 7.06. The average Bonchev–Trinajstić information content (AvgIpc) is 2.73. The molecule has 0 aliphatic heterocycles. The third-order valence-electron chi connectivity index (χ3n) is 4.71. The van der Waals surface area contributed by atoms with Crippen LogP contribution in [0.15, 0.2) is 47.5 Å². The largest absolute Gasteiger partial charge is 0.490 e. The Labute approximate surface area is 175 Å². The van der Waals surface area contributed by atoms with E-state index >= 15 is 0 Å². The van der Waals surface area contributed by atoms with Crippen LogP contribution in [0.1, 0.15) is 25.0 Å². The molecule has 0 bridgehead atoms. The van der Waals surface area contributed by atoms with Crippen molar-refractivity contribution < 1.29 is 14.3 Å². The van der Waals surface area contributed by atoms with Gasteiger partial charge in [-0.25, -0.2) is 4.98 Å². The van der Waals surface area contributed by atoms with E-state index in [0.717, 1.165) is 11.1 Å². The highest BCUT2D eigenvalue weighted by atomic mass is 16.5. The highest BCUT2D eigenvalue weighted by molar-refractivity contribution is 5.81. The second-order valence-corrected chi connectivity index (χ2v) is 6.90. The lowest BCUT2D eigenvalue weighted by molar-refractivity contribution is -0.121. The van der Waals surface area contributed by atoms with Crippen LogP contribution in [0, 0.1) is 6.92 Å². The number of amides is 1. The Morgan fingerprint density at radius 1 is 1.10 bits per heavy atom. The van der Waals surface area contributed by atoms with E-state index in [1.54, 1.807) is 6.07 Å². The molecule has 0 radical (unpaired) electrons. The van der Waals surface area contributed by atoms with Crippen molar-refractivity contribution in [2.45, 2.75) is 33.7 Å². The molecule has 1 aromatic heterocycles. The van der Waals surface area contributed by atoms with Crippen LogP contribution in [-0.4, -0.2) is 35.2 Å².